The summed E-state index contributed by atoms with van der Waals surface area (Å²) in [6.07, 6.45) is 4.04. The fourth-order valence-electron chi connectivity index (χ4n) is 2.89. The first-order valence-electron chi connectivity index (χ1n) is 6.94. The topological polar surface area (TPSA) is 52.9 Å². The maximum absolute atomic E-state index is 13.8. The summed E-state index contributed by atoms with van der Waals surface area (Å²) in [5.74, 6) is -0.782. The molecule has 0 radical (unpaired) electrons. The minimum absolute atomic E-state index is 0.0502. The van der Waals surface area contributed by atoms with Crippen molar-refractivity contribution in [1.29, 1.82) is 5.26 Å². The van der Waals surface area contributed by atoms with E-state index >= 15 is 0 Å². The van der Waals surface area contributed by atoms with Crippen molar-refractivity contribution in [3.8, 4) is 6.07 Å². The predicted octanol–water partition coefficient (Wildman–Crippen LogP) is 3.85. The molecule has 1 unspecified atom stereocenters. The fourth-order valence-corrected chi connectivity index (χ4v) is 2.89. The van der Waals surface area contributed by atoms with Gasteiger partial charge in [-0.1, -0.05) is 26.7 Å². The average Bonchev–Trinajstić information content (AvgIpc) is 2.40. The number of hydrogen-bond donors (Lipinski definition) is 1. The highest BCUT2D eigenvalue weighted by atomic mass is 19.1. The Balaban J connectivity index is 2.14. The third-order valence-electron chi connectivity index (χ3n) is 4.18. The lowest BCUT2D eigenvalue weighted by atomic mass is 9.68. The molecule has 1 atom stereocenters. The van der Waals surface area contributed by atoms with E-state index in [1.54, 1.807) is 0 Å². The lowest BCUT2D eigenvalue weighted by Crippen LogP contribution is -2.37. The molecule has 1 fully saturated rings. The Morgan fingerprint density at radius 2 is 2.20 bits per heavy atom. The van der Waals surface area contributed by atoms with E-state index in [-0.39, 0.29) is 28.5 Å². The molecule has 20 heavy (non-hydrogen) atoms. The van der Waals surface area contributed by atoms with E-state index in [4.69, 9.17) is 5.26 Å². The van der Waals surface area contributed by atoms with E-state index < -0.39 is 5.82 Å². The molecule has 1 aliphatic carbocycles. The molecule has 0 aliphatic heterocycles. The summed E-state index contributed by atoms with van der Waals surface area (Å²) >= 11 is 0. The number of hydrogen-bond acceptors (Lipinski definition) is 2. The minimum Gasteiger partial charge on any atom is -0.323 e. The Morgan fingerprint density at radius 1 is 1.45 bits per heavy atom. The smallest absolute Gasteiger partial charge is 0.228 e. The number of rotatable bonds is 2. The van der Waals surface area contributed by atoms with Crippen molar-refractivity contribution in [1.82, 2.24) is 0 Å². The van der Waals surface area contributed by atoms with E-state index in [1.165, 1.54) is 12.1 Å². The molecule has 1 aliphatic rings. The van der Waals surface area contributed by atoms with Crippen LogP contribution in [0, 0.1) is 28.5 Å². The first-order valence-corrected chi connectivity index (χ1v) is 6.94. The van der Waals surface area contributed by atoms with Crippen molar-refractivity contribution in [2.24, 2.45) is 11.3 Å². The highest BCUT2D eigenvalue weighted by Gasteiger charge is 2.37. The van der Waals surface area contributed by atoms with E-state index in [0.29, 0.717) is 0 Å². The molecule has 4 heteroatoms. The van der Waals surface area contributed by atoms with Crippen LogP contribution in [0.3, 0.4) is 0 Å². The van der Waals surface area contributed by atoms with Crippen LogP contribution in [0.1, 0.15) is 45.1 Å². The Morgan fingerprint density at radius 3 is 2.80 bits per heavy atom. The van der Waals surface area contributed by atoms with Crippen LogP contribution in [0.2, 0.25) is 0 Å². The molecule has 106 valence electrons. The van der Waals surface area contributed by atoms with Crippen molar-refractivity contribution in [2.75, 3.05) is 5.32 Å². The van der Waals surface area contributed by atoms with E-state index in [2.05, 4.69) is 19.2 Å². The van der Waals surface area contributed by atoms with E-state index in [9.17, 15) is 9.18 Å². The predicted molar refractivity (Wildman–Crippen MR) is 75.5 cm³/mol. The summed E-state index contributed by atoms with van der Waals surface area (Å²) in [4.78, 5) is 12.3. The third kappa shape index (κ3) is 2.98. The van der Waals surface area contributed by atoms with Crippen molar-refractivity contribution in [3.05, 3.63) is 29.6 Å². The summed E-state index contributed by atoms with van der Waals surface area (Å²) in [5.41, 5.74) is 0.347. The zero-order valence-corrected chi connectivity index (χ0v) is 11.9. The normalized spacial score (nSPS) is 21.0. The second-order valence-electron chi connectivity index (χ2n) is 6.08. The molecule has 0 saturated heterocycles. The molecule has 1 N–H and O–H groups in total. The number of benzene rings is 1. The molecular weight excluding hydrogens is 255 g/mol. The van der Waals surface area contributed by atoms with Gasteiger partial charge in [-0.2, -0.15) is 5.26 Å². The number of nitriles is 1. The molecular formula is C16H19FN2O. The second kappa shape index (κ2) is 5.62. The molecule has 0 heterocycles. The van der Waals surface area contributed by atoms with Crippen LogP contribution in [-0.2, 0) is 4.79 Å². The van der Waals surface area contributed by atoms with Crippen LogP contribution in [-0.4, -0.2) is 5.91 Å². The number of amides is 1. The number of nitrogens with zero attached hydrogens (tertiary/aromatic N) is 1. The average molecular weight is 274 g/mol. The van der Waals surface area contributed by atoms with Gasteiger partial charge >= 0.3 is 0 Å². The fraction of sp³-hybridized carbons (Fsp3) is 0.500. The van der Waals surface area contributed by atoms with Gasteiger partial charge in [0.05, 0.1) is 17.3 Å². The van der Waals surface area contributed by atoms with Gasteiger partial charge in [0.1, 0.15) is 5.82 Å². The van der Waals surface area contributed by atoms with Crippen molar-refractivity contribution in [2.45, 2.75) is 39.5 Å². The van der Waals surface area contributed by atoms with Crippen LogP contribution in [0.25, 0.3) is 0 Å². The molecule has 1 aromatic carbocycles. The number of halogens is 1. The number of carbonyl (C=O) groups excluding carboxylic acids is 1. The largest absolute Gasteiger partial charge is 0.323 e. The second-order valence-corrected chi connectivity index (χ2v) is 6.08. The lowest BCUT2D eigenvalue weighted by Gasteiger charge is -2.37. The van der Waals surface area contributed by atoms with Gasteiger partial charge in [0.15, 0.2) is 0 Å². The maximum Gasteiger partial charge on any atom is 0.228 e. The monoisotopic (exact) mass is 274 g/mol. The molecule has 1 amide bonds. The van der Waals surface area contributed by atoms with Gasteiger partial charge in [0.25, 0.3) is 0 Å². The third-order valence-corrected chi connectivity index (χ3v) is 4.18. The van der Waals surface area contributed by atoms with Gasteiger partial charge < -0.3 is 5.32 Å². The molecule has 3 nitrogen and oxygen atoms in total. The van der Waals surface area contributed by atoms with Gasteiger partial charge in [-0.05, 0) is 36.5 Å². The molecule has 0 spiro atoms. The van der Waals surface area contributed by atoms with Gasteiger partial charge in [-0.3, -0.25) is 4.79 Å². The highest BCUT2D eigenvalue weighted by molar-refractivity contribution is 5.93. The minimum atomic E-state index is -0.564. The standard InChI is InChI=1S/C16H19FN2O/c1-16(2)8-4-3-5-12(16)15(20)19-14-7-6-11(10-18)9-13(14)17/h6-7,9,12H,3-5,8H2,1-2H3,(H,19,20). The Hall–Kier alpha value is -1.89. The molecule has 2 rings (SSSR count). The summed E-state index contributed by atoms with van der Waals surface area (Å²) in [5, 5.41) is 11.4. The zero-order valence-electron chi connectivity index (χ0n) is 11.9. The summed E-state index contributed by atoms with van der Waals surface area (Å²) in [6.45, 7) is 4.18. The highest BCUT2D eigenvalue weighted by Crippen LogP contribution is 2.41. The van der Waals surface area contributed by atoms with Gasteiger partial charge in [-0.25, -0.2) is 4.39 Å². The zero-order chi connectivity index (χ0) is 14.8. The summed E-state index contributed by atoms with van der Waals surface area (Å²) in [7, 11) is 0. The van der Waals surface area contributed by atoms with Crippen molar-refractivity contribution < 1.29 is 9.18 Å². The maximum atomic E-state index is 13.8. The van der Waals surface area contributed by atoms with Crippen molar-refractivity contribution in [3.63, 3.8) is 0 Å². The van der Waals surface area contributed by atoms with Crippen LogP contribution in [0.15, 0.2) is 18.2 Å². The Bertz CT molecular complexity index is 560. The van der Waals surface area contributed by atoms with Gasteiger partial charge in [-0.15, -0.1) is 0 Å². The van der Waals surface area contributed by atoms with Gasteiger partial charge in [0.2, 0.25) is 5.91 Å². The first-order chi connectivity index (χ1) is 9.44. The molecule has 0 bridgehead atoms. The molecule has 1 saturated carbocycles. The number of nitrogens with one attached hydrogen (secondary N) is 1. The molecule has 0 aromatic heterocycles. The van der Waals surface area contributed by atoms with E-state index in [0.717, 1.165) is 31.7 Å². The SMILES string of the molecule is CC1(C)CCCCC1C(=O)Nc1ccc(C#N)cc1F. The van der Waals surface area contributed by atoms with Crippen LogP contribution >= 0.6 is 0 Å². The Kier molecular flexibility index (Phi) is 4.08. The first kappa shape index (κ1) is 14.5. The molecule has 1 aromatic rings. The summed E-state index contributed by atoms with van der Waals surface area (Å²) in [6, 6.07) is 5.96. The summed E-state index contributed by atoms with van der Waals surface area (Å²) < 4.78 is 13.8. The van der Waals surface area contributed by atoms with Gasteiger partial charge in [0, 0.05) is 5.92 Å². The quantitative estimate of drug-likeness (QED) is 0.890. The number of anilines is 1. The van der Waals surface area contributed by atoms with Crippen LogP contribution in [0.5, 0.6) is 0 Å². The van der Waals surface area contributed by atoms with Crippen LogP contribution in [0.4, 0.5) is 10.1 Å². The van der Waals surface area contributed by atoms with E-state index in [1.807, 2.05) is 6.07 Å². The Labute approximate surface area is 118 Å². The lowest BCUT2D eigenvalue weighted by molar-refractivity contribution is -0.124. The number of carbonyl (C=O) groups is 1. The van der Waals surface area contributed by atoms with Crippen molar-refractivity contribution >= 4 is 11.6 Å². The van der Waals surface area contributed by atoms with Crippen LogP contribution < -0.4 is 5.32 Å².